The fraction of sp³-hybridized carbons (Fsp3) is 0.489. The monoisotopic (exact) mass is 688 g/mol. The van der Waals surface area contributed by atoms with Crippen molar-refractivity contribution in [3.8, 4) is 11.1 Å². The Labute approximate surface area is 289 Å². The zero-order chi connectivity index (χ0) is 33.2. The van der Waals surface area contributed by atoms with Gasteiger partial charge in [-0.15, -0.1) is 0 Å². The van der Waals surface area contributed by atoms with Gasteiger partial charge in [0.05, 0.1) is 0 Å². The van der Waals surface area contributed by atoms with Crippen LogP contribution in [-0.2, 0) is 38.5 Å². The van der Waals surface area contributed by atoms with Crippen LogP contribution in [0.3, 0.4) is 0 Å². The van der Waals surface area contributed by atoms with Gasteiger partial charge in [-0.25, -0.2) is 0 Å². The van der Waals surface area contributed by atoms with Gasteiger partial charge < -0.3 is 0 Å². The van der Waals surface area contributed by atoms with Crippen LogP contribution < -0.4 is 3.27 Å². The van der Waals surface area contributed by atoms with E-state index < -0.39 is 21.3 Å². The standard InChI is InChI=1S/C23H29.C13H19.C9H10.Zr/c1-14-9-16-11-17-10-15(2)21(23(6,7)8)13-19(17)18(16)12-20(14)22(3,4)5;1-11-6-7-12(10-11)13(2)8-4-3-5-9-13;1-2-6-9-7-4-3-5-8-9;/h9,12-13H,11H2,1-8H3;7,10-11H,3-5,8-9H2,1-2H3;3-5,7-8H,2H2,1H3;. The summed E-state index contributed by atoms with van der Waals surface area (Å²) in [6.45, 7) is 26.8. The first-order valence-electron chi connectivity index (χ1n) is 18.2. The van der Waals surface area contributed by atoms with Gasteiger partial charge >= 0.3 is 291 Å². The van der Waals surface area contributed by atoms with Crippen LogP contribution >= 0.6 is 0 Å². The number of benzene rings is 3. The molecule has 1 heteroatoms. The summed E-state index contributed by atoms with van der Waals surface area (Å²) in [5, 5.41) is 0. The van der Waals surface area contributed by atoms with Crippen LogP contribution in [0.4, 0.5) is 0 Å². The minimum atomic E-state index is -2.68. The topological polar surface area (TPSA) is 0 Å². The molecule has 0 bridgehead atoms. The summed E-state index contributed by atoms with van der Waals surface area (Å²) in [6, 6.07) is 19.3. The maximum atomic E-state index is 2.78. The number of rotatable bonds is 5. The van der Waals surface area contributed by atoms with Crippen molar-refractivity contribution in [3.63, 3.8) is 0 Å². The van der Waals surface area contributed by atoms with Crippen molar-refractivity contribution in [2.45, 2.75) is 132 Å². The van der Waals surface area contributed by atoms with E-state index in [1.54, 1.807) is 28.7 Å². The first-order chi connectivity index (χ1) is 21.6. The molecule has 6 rings (SSSR count). The maximum absolute atomic E-state index is 2.78. The zero-order valence-electron chi connectivity index (χ0n) is 30.8. The number of hydrogen-bond donors (Lipinski definition) is 0. The van der Waals surface area contributed by atoms with E-state index in [9.17, 15) is 0 Å². The van der Waals surface area contributed by atoms with E-state index in [4.69, 9.17) is 0 Å². The first kappa shape index (κ1) is 33.8. The van der Waals surface area contributed by atoms with Crippen molar-refractivity contribution in [2.75, 3.05) is 0 Å². The van der Waals surface area contributed by atoms with Crippen LogP contribution in [0.1, 0.15) is 140 Å². The Morgan fingerprint density at radius 1 is 0.848 bits per heavy atom. The molecule has 0 aromatic heterocycles. The predicted molar refractivity (Wildman–Crippen MR) is 199 cm³/mol. The summed E-state index contributed by atoms with van der Waals surface area (Å²) >= 11 is -2.68. The molecule has 0 heterocycles. The van der Waals surface area contributed by atoms with Crippen molar-refractivity contribution in [1.29, 1.82) is 0 Å². The molecule has 0 spiro atoms. The fourth-order valence-electron chi connectivity index (χ4n) is 9.18. The number of fused-ring (bicyclic) bond motifs is 3. The quantitative estimate of drug-likeness (QED) is 0.196. The van der Waals surface area contributed by atoms with E-state index >= 15 is 0 Å². The summed E-state index contributed by atoms with van der Waals surface area (Å²) < 4.78 is 5.37. The molecule has 1 unspecified atom stereocenters. The number of hydrogen-bond acceptors (Lipinski definition) is 0. The third-order valence-corrected chi connectivity index (χ3v) is 20.5. The molecule has 3 aliphatic carbocycles. The van der Waals surface area contributed by atoms with Crippen LogP contribution in [0.25, 0.3) is 11.1 Å². The summed E-state index contributed by atoms with van der Waals surface area (Å²) in [7, 11) is 0. The normalized spacial score (nSPS) is 19.8. The summed E-state index contributed by atoms with van der Waals surface area (Å²) in [5.41, 5.74) is 16.0. The molecule has 1 fully saturated rings. The SMILES string of the molecule is CC/[C](c1ccccc1)=[Zr](\[C]1=CC(C2(C)CCCCC2)=CC1C)[c]1c(C)c(C(C)(C)C)cc2c1Cc1cc(C)c(C(C)(C)C)cc1-2. The van der Waals surface area contributed by atoms with Crippen molar-refractivity contribution in [1.82, 2.24) is 0 Å². The third-order valence-electron chi connectivity index (χ3n) is 11.6. The Morgan fingerprint density at radius 2 is 1.48 bits per heavy atom. The van der Waals surface area contributed by atoms with Gasteiger partial charge in [-0.05, 0) is 0 Å². The average molecular weight is 690 g/mol. The van der Waals surface area contributed by atoms with Gasteiger partial charge in [-0.1, -0.05) is 0 Å². The second-order valence-corrected chi connectivity index (χ2v) is 23.1. The van der Waals surface area contributed by atoms with Gasteiger partial charge in [0.1, 0.15) is 0 Å². The minimum absolute atomic E-state index is 0.0796. The van der Waals surface area contributed by atoms with E-state index in [0.29, 0.717) is 11.3 Å². The molecule has 242 valence electrons. The van der Waals surface area contributed by atoms with Gasteiger partial charge in [0.15, 0.2) is 0 Å². The molecule has 1 saturated carbocycles. The predicted octanol–water partition coefficient (Wildman–Crippen LogP) is 11.8. The van der Waals surface area contributed by atoms with Crippen molar-refractivity contribution >= 4 is 6.48 Å². The van der Waals surface area contributed by atoms with Crippen molar-refractivity contribution in [2.24, 2.45) is 11.3 Å². The molecule has 0 amide bonds. The Hall–Kier alpha value is -2.11. The van der Waals surface area contributed by atoms with E-state index in [1.165, 1.54) is 65.5 Å². The molecule has 0 aliphatic heterocycles. The van der Waals surface area contributed by atoms with Gasteiger partial charge in [-0.2, -0.15) is 0 Å². The van der Waals surface area contributed by atoms with Gasteiger partial charge in [0.25, 0.3) is 0 Å². The molecule has 1 atom stereocenters. The first-order valence-corrected chi connectivity index (χ1v) is 21.9. The van der Waals surface area contributed by atoms with Crippen LogP contribution in [0.5, 0.6) is 0 Å². The zero-order valence-corrected chi connectivity index (χ0v) is 33.3. The Balaban J connectivity index is 1.68. The van der Waals surface area contributed by atoms with Crippen molar-refractivity contribution in [3.05, 3.63) is 108 Å². The van der Waals surface area contributed by atoms with E-state index in [2.05, 4.69) is 137 Å². The number of aryl methyl sites for hydroxylation is 1. The molecule has 3 aliphatic rings. The molecular weight excluding hydrogens is 632 g/mol. The average Bonchev–Trinajstić information content (AvgIpc) is 3.55. The fourth-order valence-corrected chi connectivity index (χ4v) is 18.1. The van der Waals surface area contributed by atoms with Crippen LogP contribution in [0.15, 0.2) is 69.5 Å². The molecule has 0 radical (unpaired) electrons. The van der Waals surface area contributed by atoms with E-state index in [1.807, 2.05) is 3.28 Å². The van der Waals surface area contributed by atoms with Gasteiger partial charge in [0, 0.05) is 0 Å². The molecule has 0 nitrogen and oxygen atoms in total. The van der Waals surface area contributed by atoms with Crippen LogP contribution in [0, 0.1) is 25.2 Å². The summed E-state index contributed by atoms with van der Waals surface area (Å²) in [5.74, 6) is 0.514. The van der Waals surface area contributed by atoms with Crippen molar-refractivity contribution < 1.29 is 21.3 Å². The number of allylic oxidation sites excluding steroid dienone is 4. The Morgan fingerprint density at radius 3 is 2.09 bits per heavy atom. The van der Waals surface area contributed by atoms with E-state index in [0.717, 1.165) is 12.8 Å². The van der Waals surface area contributed by atoms with Gasteiger partial charge in [0.2, 0.25) is 0 Å². The second kappa shape index (κ2) is 12.4. The molecule has 3 aromatic rings. The van der Waals surface area contributed by atoms with Crippen LogP contribution in [-0.4, -0.2) is 3.21 Å². The summed E-state index contributed by atoms with van der Waals surface area (Å²) in [6.07, 6.45) is 14.5. The van der Waals surface area contributed by atoms with Crippen LogP contribution in [0.2, 0.25) is 0 Å². The third kappa shape index (κ3) is 6.02. The molecular formula is C45H58Zr. The molecule has 0 saturated heterocycles. The second-order valence-electron chi connectivity index (χ2n) is 17.2. The molecule has 0 N–H and O–H groups in total. The molecule has 46 heavy (non-hydrogen) atoms. The Bertz CT molecular complexity index is 1750. The Kier molecular flexibility index (Phi) is 9.11. The van der Waals surface area contributed by atoms with Gasteiger partial charge in [-0.3, -0.25) is 0 Å². The van der Waals surface area contributed by atoms with E-state index in [-0.39, 0.29) is 10.8 Å². The summed E-state index contributed by atoms with van der Waals surface area (Å²) in [4.78, 5) is 0. The molecule has 3 aromatic carbocycles.